The number of anilines is 1. The maximum absolute atomic E-state index is 13.4. The van der Waals surface area contributed by atoms with E-state index in [1.165, 1.54) is 0 Å². The van der Waals surface area contributed by atoms with Crippen LogP contribution >= 0.6 is 11.8 Å². The Balaban J connectivity index is 1.38. The molecule has 4 aromatic rings. The lowest BCUT2D eigenvalue weighted by Gasteiger charge is -2.26. The molecule has 7 nitrogen and oxygen atoms in total. The first kappa shape index (κ1) is 24.1. The molecule has 2 aromatic carbocycles. The molecule has 0 unspecified atom stereocenters. The van der Waals surface area contributed by atoms with E-state index in [9.17, 15) is 9.59 Å². The zero-order valence-corrected chi connectivity index (χ0v) is 21.3. The lowest BCUT2D eigenvalue weighted by Crippen LogP contribution is -2.38. The molecule has 2 aromatic heterocycles. The maximum atomic E-state index is 13.4. The van der Waals surface area contributed by atoms with Gasteiger partial charge in [0.15, 0.2) is 5.65 Å². The van der Waals surface area contributed by atoms with E-state index in [1.54, 1.807) is 6.20 Å². The topological polar surface area (TPSA) is 80.1 Å². The Bertz CT molecular complexity index is 1380. The van der Waals surface area contributed by atoms with Crippen LogP contribution in [0.4, 0.5) is 5.69 Å². The summed E-state index contributed by atoms with van der Waals surface area (Å²) in [6.07, 6.45) is 2.08. The summed E-state index contributed by atoms with van der Waals surface area (Å²) < 4.78 is 1.84. The fourth-order valence-electron chi connectivity index (χ4n) is 4.34. The van der Waals surface area contributed by atoms with E-state index in [0.29, 0.717) is 28.7 Å². The van der Waals surface area contributed by atoms with Crippen molar-refractivity contribution in [3.05, 3.63) is 78.0 Å². The first-order valence-electron chi connectivity index (χ1n) is 12.2. The highest BCUT2D eigenvalue weighted by Gasteiger charge is 2.20. The average molecular weight is 500 g/mol. The minimum Gasteiger partial charge on any atom is -0.341 e. The van der Waals surface area contributed by atoms with Crippen molar-refractivity contribution in [1.29, 1.82) is 0 Å². The Kier molecular flexibility index (Phi) is 7.04. The molecule has 0 radical (unpaired) electrons. The lowest BCUT2D eigenvalue weighted by atomic mass is 10.1. The number of thioether (sulfide) groups is 1. The van der Waals surface area contributed by atoms with Gasteiger partial charge in [0.25, 0.3) is 5.91 Å². The fraction of sp³-hybridized carbons (Fsp3) is 0.286. The second-order valence-electron chi connectivity index (χ2n) is 9.16. The third-order valence-electron chi connectivity index (χ3n) is 6.30. The van der Waals surface area contributed by atoms with Crippen LogP contribution in [0.3, 0.4) is 0 Å². The van der Waals surface area contributed by atoms with Gasteiger partial charge in [0.05, 0.1) is 29.3 Å². The van der Waals surface area contributed by atoms with Gasteiger partial charge < -0.3 is 10.2 Å². The third-order valence-corrected chi connectivity index (χ3v) is 7.24. The first-order chi connectivity index (χ1) is 17.5. The number of nitrogens with one attached hydrogen (secondary N) is 1. The molecule has 0 atom stereocenters. The summed E-state index contributed by atoms with van der Waals surface area (Å²) in [5.41, 5.74) is 4.47. The highest BCUT2D eigenvalue weighted by atomic mass is 32.2. The van der Waals surface area contributed by atoms with Crippen molar-refractivity contribution < 1.29 is 9.59 Å². The fourth-order valence-corrected chi connectivity index (χ4v) is 5.25. The van der Waals surface area contributed by atoms with Crippen LogP contribution in [0.25, 0.3) is 22.3 Å². The number of aromatic nitrogens is 3. The number of pyridine rings is 1. The Morgan fingerprint density at radius 2 is 1.75 bits per heavy atom. The van der Waals surface area contributed by atoms with Crippen molar-refractivity contribution in [2.45, 2.75) is 26.3 Å². The number of carbonyl (C=O) groups is 2. The largest absolute Gasteiger partial charge is 0.341 e. The van der Waals surface area contributed by atoms with Crippen molar-refractivity contribution in [1.82, 2.24) is 19.7 Å². The monoisotopic (exact) mass is 499 g/mol. The van der Waals surface area contributed by atoms with Crippen molar-refractivity contribution in [3.63, 3.8) is 0 Å². The van der Waals surface area contributed by atoms with Gasteiger partial charge in [-0.15, -0.1) is 0 Å². The normalized spacial score (nSPS) is 13.8. The number of hydrogen-bond donors (Lipinski definition) is 1. The number of carbonyl (C=O) groups excluding carboxylic acids is 2. The summed E-state index contributed by atoms with van der Waals surface area (Å²) in [5, 5.41) is 8.21. The van der Waals surface area contributed by atoms with Gasteiger partial charge >= 0.3 is 0 Å². The number of hydrogen-bond acceptors (Lipinski definition) is 5. The van der Waals surface area contributed by atoms with Crippen molar-refractivity contribution in [2.75, 3.05) is 29.9 Å². The highest BCUT2D eigenvalue weighted by molar-refractivity contribution is 7.99. The van der Waals surface area contributed by atoms with E-state index in [4.69, 9.17) is 4.98 Å². The van der Waals surface area contributed by atoms with Crippen LogP contribution in [-0.4, -0.2) is 56.1 Å². The van der Waals surface area contributed by atoms with Gasteiger partial charge in [-0.3, -0.25) is 9.59 Å². The van der Waals surface area contributed by atoms with Gasteiger partial charge in [-0.2, -0.15) is 16.9 Å². The third kappa shape index (κ3) is 5.14. The van der Waals surface area contributed by atoms with Crippen molar-refractivity contribution in [3.8, 4) is 11.3 Å². The Morgan fingerprint density at radius 1 is 1.03 bits per heavy atom. The van der Waals surface area contributed by atoms with E-state index >= 15 is 0 Å². The van der Waals surface area contributed by atoms with Crippen LogP contribution in [0.5, 0.6) is 0 Å². The molecule has 0 saturated carbocycles. The maximum Gasteiger partial charge on any atom is 0.256 e. The van der Waals surface area contributed by atoms with Crippen LogP contribution in [-0.2, 0) is 11.2 Å². The summed E-state index contributed by atoms with van der Waals surface area (Å²) in [4.78, 5) is 32.8. The first-order valence-corrected chi connectivity index (χ1v) is 13.3. The smallest absolute Gasteiger partial charge is 0.256 e. The molecule has 8 heteroatoms. The average Bonchev–Trinajstić information content (AvgIpc) is 3.35. The molecule has 184 valence electrons. The van der Waals surface area contributed by atoms with Crippen LogP contribution in [0.15, 0.2) is 66.9 Å². The summed E-state index contributed by atoms with van der Waals surface area (Å²) in [5.74, 6) is 1.93. The van der Waals surface area contributed by atoms with Crippen LogP contribution in [0, 0.1) is 0 Å². The van der Waals surface area contributed by atoms with Gasteiger partial charge in [0.1, 0.15) is 0 Å². The van der Waals surface area contributed by atoms with Gasteiger partial charge in [-0.1, -0.05) is 42.5 Å². The number of nitrogens with zero attached hydrogens (tertiary/aromatic N) is 4. The van der Waals surface area contributed by atoms with Gasteiger partial charge in [-0.25, -0.2) is 9.67 Å². The lowest BCUT2D eigenvalue weighted by molar-refractivity contribution is -0.130. The summed E-state index contributed by atoms with van der Waals surface area (Å²) in [6.45, 7) is 5.71. The Morgan fingerprint density at radius 3 is 2.44 bits per heavy atom. The van der Waals surface area contributed by atoms with Crippen molar-refractivity contribution >= 4 is 40.3 Å². The van der Waals surface area contributed by atoms with Gasteiger partial charge in [0.2, 0.25) is 5.91 Å². The summed E-state index contributed by atoms with van der Waals surface area (Å²) in [6, 6.07) is 19.3. The molecule has 1 saturated heterocycles. The molecule has 5 rings (SSSR count). The molecular weight excluding hydrogens is 470 g/mol. The summed E-state index contributed by atoms with van der Waals surface area (Å²) in [7, 11) is 0. The van der Waals surface area contributed by atoms with Crippen LogP contribution < -0.4 is 5.32 Å². The number of benzene rings is 2. The minimum absolute atomic E-state index is 0.107. The SMILES string of the molecule is CC(C)n1ncc2c(C(=O)Nc3ccc(CC(=O)N4CCSCC4)cc3)cc(-c3ccccc3)nc21. The number of amides is 2. The molecule has 0 aliphatic carbocycles. The number of fused-ring (bicyclic) bond motifs is 1. The predicted octanol–water partition coefficient (Wildman–Crippen LogP) is 5.05. The molecule has 0 bridgehead atoms. The minimum atomic E-state index is -0.225. The molecule has 36 heavy (non-hydrogen) atoms. The summed E-state index contributed by atoms with van der Waals surface area (Å²) >= 11 is 1.89. The Hall–Kier alpha value is -3.65. The molecule has 3 heterocycles. The molecule has 1 aliphatic rings. The zero-order valence-electron chi connectivity index (χ0n) is 20.5. The van der Waals surface area contributed by atoms with Crippen LogP contribution in [0.2, 0.25) is 0 Å². The molecule has 2 amide bonds. The molecular formula is C28H29N5O2S. The zero-order chi connectivity index (χ0) is 25.1. The van der Waals surface area contributed by atoms with Crippen molar-refractivity contribution in [2.24, 2.45) is 0 Å². The molecule has 1 aliphatic heterocycles. The standard InChI is InChI=1S/C28H29N5O2S/c1-19(2)33-27-24(18-29-33)23(17-25(31-27)21-6-4-3-5-7-21)28(35)30-22-10-8-20(9-11-22)16-26(34)32-12-14-36-15-13-32/h3-11,17-19H,12-16H2,1-2H3,(H,30,35). The van der Waals surface area contributed by atoms with Gasteiger partial charge in [0, 0.05) is 41.9 Å². The highest BCUT2D eigenvalue weighted by Crippen LogP contribution is 2.27. The van der Waals surface area contributed by atoms with Crippen LogP contribution in [0.1, 0.15) is 35.8 Å². The Labute approximate surface area is 214 Å². The second-order valence-corrected chi connectivity index (χ2v) is 10.4. The molecule has 1 N–H and O–H groups in total. The van der Waals surface area contributed by atoms with E-state index in [2.05, 4.69) is 10.4 Å². The quantitative estimate of drug-likeness (QED) is 0.402. The van der Waals surface area contributed by atoms with Gasteiger partial charge in [-0.05, 0) is 37.6 Å². The second kappa shape index (κ2) is 10.5. The van der Waals surface area contributed by atoms with E-state index in [0.717, 1.165) is 41.4 Å². The van der Waals surface area contributed by atoms with E-state index in [1.807, 2.05) is 95.9 Å². The molecule has 1 fully saturated rings. The van der Waals surface area contributed by atoms with E-state index in [-0.39, 0.29) is 17.9 Å². The van der Waals surface area contributed by atoms with E-state index < -0.39 is 0 Å². The predicted molar refractivity (Wildman–Crippen MR) is 145 cm³/mol. The molecule has 0 spiro atoms. The number of rotatable bonds is 6.